The summed E-state index contributed by atoms with van der Waals surface area (Å²) in [6, 6.07) is 3.29. The molecule has 0 spiro atoms. The topological polar surface area (TPSA) is 33.1 Å². The maximum atomic E-state index is 9.26. The van der Waals surface area contributed by atoms with Crippen LogP contribution in [-0.4, -0.2) is 16.0 Å². The normalized spacial score (nSPS) is 10.8. The lowest BCUT2D eigenvalue weighted by molar-refractivity contribution is 0.471. The minimum atomic E-state index is 0.198. The fraction of sp³-hybridized carbons (Fsp3) is 0.222. The van der Waals surface area contributed by atoms with E-state index >= 15 is 0 Å². The Morgan fingerprint density at radius 1 is 1.58 bits per heavy atom. The third-order valence-electron chi connectivity index (χ3n) is 1.37. The summed E-state index contributed by atoms with van der Waals surface area (Å²) in [5.74, 6) is 0.785. The van der Waals surface area contributed by atoms with Gasteiger partial charge in [-0.2, -0.15) is 0 Å². The van der Waals surface area contributed by atoms with Gasteiger partial charge in [-0.15, -0.1) is 11.6 Å². The molecule has 1 rings (SSSR count). The van der Waals surface area contributed by atoms with Gasteiger partial charge in [-0.05, 0) is 24.6 Å². The second-order valence-electron chi connectivity index (χ2n) is 2.29. The van der Waals surface area contributed by atoms with Gasteiger partial charge in [0.15, 0.2) is 0 Å². The minimum Gasteiger partial charge on any atom is -0.506 e. The Balaban J connectivity index is 2.68. The molecule has 0 atom stereocenters. The molecule has 12 heavy (non-hydrogen) atoms. The van der Waals surface area contributed by atoms with Crippen LogP contribution in [0.5, 0.6) is 5.75 Å². The molecule has 1 aromatic rings. The molecule has 0 aromatic carbocycles. The van der Waals surface area contributed by atoms with Crippen LogP contribution in [0.25, 0.3) is 6.08 Å². The van der Waals surface area contributed by atoms with E-state index in [1.54, 1.807) is 24.4 Å². The maximum absolute atomic E-state index is 9.26. The van der Waals surface area contributed by atoms with E-state index in [1.165, 1.54) is 0 Å². The lowest BCUT2D eigenvalue weighted by Gasteiger charge is -1.94. The lowest BCUT2D eigenvalue weighted by Crippen LogP contribution is -1.79. The Kier molecular flexibility index (Phi) is 3.61. The summed E-state index contributed by atoms with van der Waals surface area (Å²) >= 11 is 5.47. The molecule has 0 fully saturated rings. The molecular formula is C9H10ClNO. The van der Waals surface area contributed by atoms with Gasteiger partial charge in [0, 0.05) is 12.1 Å². The van der Waals surface area contributed by atoms with Crippen LogP contribution in [0.2, 0.25) is 0 Å². The zero-order chi connectivity index (χ0) is 8.81. The van der Waals surface area contributed by atoms with Gasteiger partial charge in [0.1, 0.15) is 11.4 Å². The van der Waals surface area contributed by atoms with Crippen LogP contribution < -0.4 is 0 Å². The first-order valence-electron chi connectivity index (χ1n) is 3.71. The van der Waals surface area contributed by atoms with Crippen LogP contribution in [0, 0.1) is 0 Å². The van der Waals surface area contributed by atoms with Crippen LogP contribution in [0.1, 0.15) is 12.1 Å². The lowest BCUT2D eigenvalue weighted by atomic mass is 10.3. The average Bonchev–Trinajstić information content (AvgIpc) is 2.09. The van der Waals surface area contributed by atoms with E-state index in [9.17, 15) is 5.11 Å². The van der Waals surface area contributed by atoms with Crippen molar-refractivity contribution in [1.82, 2.24) is 4.98 Å². The number of alkyl halides is 1. The standard InChI is InChI=1S/C9H10ClNO/c10-6-2-1-4-8-9(12)5-3-7-11-8/h1,3-5,7,12H,2,6H2. The van der Waals surface area contributed by atoms with Crippen molar-refractivity contribution in [3.05, 3.63) is 30.1 Å². The zero-order valence-corrected chi connectivity index (χ0v) is 7.33. The summed E-state index contributed by atoms with van der Waals surface area (Å²) in [6.07, 6.45) is 6.07. The Bertz CT molecular complexity index is 273. The predicted octanol–water partition coefficient (Wildman–Crippen LogP) is 2.43. The molecule has 0 amide bonds. The number of aromatic hydroxyl groups is 1. The molecule has 0 aliphatic carbocycles. The van der Waals surface area contributed by atoms with Crippen molar-refractivity contribution in [1.29, 1.82) is 0 Å². The molecule has 1 aromatic heterocycles. The number of rotatable bonds is 3. The van der Waals surface area contributed by atoms with E-state index in [4.69, 9.17) is 11.6 Å². The van der Waals surface area contributed by atoms with Gasteiger partial charge in [0.2, 0.25) is 0 Å². The zero-order valence-electron chi connectivity index (χ0n) is 6.57. The molecule has 0 saturated heterocycles. The highest BCUT2D eigenvalue weighted by atomic mass is 35.5. The first kappa shape index (κ1) is 9.07. The number of halogens is 1. The molecule has 0 bridgehead atoms. The molecule has 0 aliphatic rings. The van der Waals surface area contributed by atoms with E-state index in [2.05, 4.69) is 4.98 Å². The van der Waals surface area contributed by atoms with E-state index in [0.717, 1.165) is 6.42 Å². The van der Waals surface area contributed by atoms with Gasteiger partial charge in [0.25, 0.3) is 0 Å². The highest BCUT2D eigenvalue weighted by molar-refractivity contribution is 6.17. The van der Waals surface area contributed by atoms with Gasteiger partial charge in [-0.1, -0.05) is 6.08 Å². The summed E-state index contributed by atoms with van der Waals surface area (Å²) in [4.78, 5) is 3.97. The Hall–Kier alpha value is -1.02. The van der Waals surface area contributed by atoms with Crippen molar-refractivity contribution in [3.8, 4) is 5.75 Å². The van der Waals surface area contributed by atoms with E-state index < -0.39 is 0 Å². The smallest absolute Gasteiger partial charge is 0.141 e. The van der Waals surface area contributed by atoms with Crippen LogP contribution in [0.15, 0.2) is 24.4 Å². The monoisotopic (exact) mass is 183 g/mol. The number of hydrogen-bond donors (Lipinski definition) is 1. The summed E-state index contributed by atoms with van der Waals surface area (Å²) < 4.78 is 0. The van der Waals surface area contributed by atoms with Crippen molar-refractivity contribution in [2.24, 2.45) is 0 Å². The van der Waals surface area contributed by atoms with Gasteiger partial charge in [-0.25, -0.2) is 0 Å². The van der Waals surface area contributed by atoms with Crippen molar-refractivity contribution in [3.63, 3.8) is 0 Å². The highest BCUT2D eigenvalue weighted by Gasteiger charge is 1.93. The molecule has 1 heterocycles. The molecule has 0 radical (unpaired) electrons. The third kappa shape index (κ3) is 2.55. The SMILES string of the molecule is Oc1cccnc1C=CCCCl. The van der Waals surface area contributed by atoms with E-state index in [1.807, 2.05) is 6.08 Å². The van der Waals surface area contributed by atoms with Gasteiger partial charge >= 0.3 is 0 Å². The predicted molar refractivity (Wildman–Crippen MR) is 50.3 cm³/mol. The third-order valence-corrected chi connectivity index (χ3v) is 1.59. The quantitative estimate of drug-likeness (QED) is 0.731. The molecule has 1 N–H and O–H groups in total. The second-order valence-corrected chi connectivity index (χ2v) is 2.67. The number of hydrogen-bond acceptors (Lipinski definition) is 2. The van der Waals surface area contributed by atoms with Gasteiger partial charge < -0.3 is 5.11 Å². The minimum absolute atomic E-state index is 0.198. The van der Waals surface area contributed by atoms with Gasteiger partial charge in [0.05, 0.1) is 0 Å². The van der Waals surface area contributed by atoms with Crippen molar-refractivity contribution in [2.45, 2.75) is 6.42 Å². The van der Waals surface area contributed by atoms with Crippen LogP contribution in [0.3, 0.4) is 0 Å². The summed E-state index contributed by atoms with van der Waals surface area (Å²) in [5, 5.41) is 9.26. The molecular weight excluding hydrogens is 174 g/mol. The Morgan fingerprint density at radius 2 is 2.42 bits per heavy atom. The molecule has 3 heteroatoms. The molecule has 0 unspecified atom stereocenters. The highest BCUT2D eigenvalue weighted by Crippen LogP contribution is 2.13. The van der Waals surface area contributed by atoms with E-state index in [-0.39, 0.29) is 5.75 Å². The van der Waals surface area contributed by atoms with Crippen molar-refractivity contribution >= 4 is 17.7 Å². The average molecular weight is 184 g/mol. The second kappa shape index (κ2) is 4.78. The first-order valence-corrected chi connectivity index (χ1v) is 4.24. The molecule has 64 valence electrons. The fourth-order valence-electron chi connectivity index (χ4n) is 0.795. The number of pyridine rings is 1. The molecule has 0 saturated carbocycles. The number of nitrogens with zero attached hydrogens (tertiary/aromatic N) is 1. The summed E-state index contributed by atoms with van der Waals surface area (Å²) in [5.41, 5.74) is 0.586. The van der Waals surface area contributed by atoms with Crippen molar-refractivity contribution in [2.75, 3.05) is 5.88 Å². The first-order chi connectivity index (χ1) is 5.84. The van der Waals surface area contributed by atoms with Gasteiger partial charge in [-0.3, -0.25) is 4.98 Å². The van der Waals surface area contributed by atoms with Crippen molar-refractivity contribution < 1.29 is 5.11 Å². The number of aromatic nitrogens is 1. The summed E-state index contributed by atoms with van der Waals surface area (Å²) in [7, 11) is 0. The van der Waals surface area contributed by atoms with Crippen LogP contribution in [-0.2, 0) is 0 Å². The summed E-state index contributed by atoms with van der Waals surface area (Å²) in [6.45, 7) is 0. The van der Waals surface area contributed by atoms with Crippen LogP contribution in [0.4, 0.5) is 0 Å². The van der Waals surface area contributed by atoms with Crippen LogP contribution >= 0.6 is 11.6 Å². The largest absolute Gasteiger partial charge is 0.506 e. The molecule has 0 aliphatic heterocycles. The number of allylic oxidation sites excluding steroid dienone is 1. The fourth-order valence-corrected chi connectivity index (χ4v) is 0.921. The molecule has 2 nitrogen and oxygen atoms in total. The Morgan fingerprint density at radius 3 is 3.08 bits per heavy atom. The maximum Gasteiger partial charge on any atom is 0.141 e. The Labute approximate surface area is 76.5 Å². The van der Waals surface area contributed by atoms with E-state index in [0.29, 0.717) is 11.6 Å².